The van der Waals surface area contributed by atoms with Gasteiger partial charge in [0.05, 0.1) is 5.41 Å². The molecule has 4 aromatic rings. The number of benzene rings is 4. The number of fused-ring (bicyclic) bond motifs is 10. The van der Waals surface area contributed by atoms with Gasteiger partial charge in [-0.25, -0.2) is 0 Å². The van der Waals surface area contributed by atoms with Gasteiger partial charge in [0.25, 0.3) is 0 Å². The van der Waals surface area contributed by atoms with Crippen molar-refractivity contribution in [3.63, 3.8) is 0 Å². The van der Waals surface area contributed by atoms with E-state index < -0.39 is 0 Å². The predicted molar refractivity (Wildman–Crippen MR) is 120 cm³/mol. The lowest BCUT2D eigenvalue weighted by molar-refractivity contribution is 0.793. The van der Waals surface area contributed by atoms with Crippen molar-refractivity contribution in [3.8, 4) is 22.3 Å². The Labute approximate surface area is 177 Å². The Morgan fingerprint density at radius 1 is 0.556 bits per heavy atom. The Balaban J connectivity index is 1.86. The second-order valence-corrected chi connectivity index (χ2v) is 8.90. The van der Waals surface area contributed by atoms with Crippen molar-refractivity contribution in [3.05, 3.63) is 116 Å². The molecule has 4 aromatic carbocycles. The lowest BCUT2D eigenvalue weighted by atomic mass is 9.70. The Morgan fingerprint density at radius 3 is 1.74 bits per heavy atom. The molecule has 0 saturated heterocycles. The summed E-state index contributed by atoms with van der Waals surface area (Å²) in [5.41, 5.74) is 10.4. The molecule has 2 heteroatoms. The van der Waals surface area contributed by atoms with Crippen LogP contribution in [0.2, 0.25) is 5.02 Å². The van der Waals surface area contributed by atoms with Crippen LogP contribution in [0.1, 0.15) is 22.3 Å². The van der Waals surface area contributed by atoms with E-state index in [2.05, 4.69) is 101 Å². The number of rotatable bonds is 0. The van der Waals surface area contributed by atoms with Crippen LogP contribution in [0.3, 0.4) is 0 Å². The zero-order valence-electron chi connectivity index (χ0n) is 14.3. The number of halogens is 2. The van der Waals surface area contributed by atoms with E-state index in [0.29, 0.717) is 0 Å². The third-order valence-electron chi connectivity index (χ3n) is 6.01. The van der Waals surface area contributed by atoms with E-state index in [1.165, 1.54) is 48.1 Å². The van der Waals surface area contributed by atoms with Crippen LogP contribution in [0.25, 0.3) is 22.3 Å². The van der Waals surface area contributed by atoms with E-state index in [4.69, 9.17) is 11.6 Å². The third-order valence-corrected chi connectivity index (χ3v) is 6.92. The highest BCUT2D eigenvalue weighted by atomic mass is 127. The first kappa shape index (κ1) is 15.9. The lowest BCUT2D eigenvalue weighted by Crippen LogP contribution is -2.25. The molecule has 2 aliphatic rings. The van der Waals surface area contributed by atoms with Crippen LogP contribution in [0.15, 0.2) is 84.9 Å². The van der Waals surface area contributed by atoms with Gasteiger partial charge in [-0.05, 0) is 91.4 Å². The molecule has 0 N–H and O–H groups in total. The molecular weight excluding hydrogens is 463 g/mol. The quantitative estimate of drug-likeness (QED) is 0.202. The van der Waals surface area contributed by atoms with Crippen LogP contribution in [-0.4, -0.2) is 0 Å². The molecule has 27 heavy (non-hydrogen) atoms. The molecule has 6 rings (SSSR count). The fourth-order valence-corrected chi connectivity index (χ4v) is 5.76. The van der Waals surface area contributed by atoms with E-state index >= 15 is 0 Å². The summed E-state index contributed by atoms with van der Waals surface area (Å²) >= 11 is 8.82. The molecular formula is C25H14ClI. The maximum absolute atomic E-state index is 6.41. The zero-order valence-corrected chi connectivity index (χ0v) is 17.3. The second-order valence-electron chi connectivity index (χ2n) is 7.22. The molecule has 2 aliphatic carbocycles. The maximum atomic E-state index is 6.41. The maximum Gasteiger partial charge on any atom is 0.0725 e. The Hall–Kier alpha value is -2.10. The normalized spacial score (nSPS) is 18.1. The highest BCUT2D eigenvalue weighted by molar-refractivity contribution is 14.1. The van der Waals surface area contributed by atoms with Gasteiger partial charge in [-0.3, -0.25) is 0 Å². The van der Waals surface area contributed by atoms with Crippen molar-refractivity contribution >= 4 is 34.2 Å². The Morgan fingerprint density at radius 2 is 1.07 bits per heavy atom. The smallest absolute Gasteiger partial charge is 0.0725 e. The molecule has 0 heterocycles. The minimum absolute atomic E-state index is 0.257. The second kappa shape index (κ2) is 5.46. The van der Waals surface area contributed by atoms with Gasteiger partial charge in [0.2, 0.25) is 0 Å². The number of hydrogen-bond acceptors (Lipinski definition) is 0. The van der Waals surface area contributed by atoms with Gasteiger partial charge in [0.15, 0.2) is 0 Å². The molecule has 0 saturated carbocycles. The van der Waals surface area contributed by atoms with Crippen molar-refractivity contribution in [2.75, 3.05) is 0 Å². The average molecular weight is 477 g/mol. The van der Waals surface area contributed by atoms with Gasteiger partial charge in [-0.1, -0.05) is 72.3 Å². The van der Waals surface area contributed by atoms with Crippen LogP contribution in [0.4, 0.5) is 0 Å². The van der Waals surface area contributed by atoms with E-state index in [1.54, 1.807) is 0 Å². The standard InChI is InChI=1S/C25H14ClI/c26-15-9-11-23-19(13-15)17-5-1-3-7-21(17)25(23)22-8-4-2-6-18(22)20-14-16(27)10-12-24(20)25/h1-14H. The summed E-state index contributed by atoms with van der Waals surface area (Å²) < 4.78 is 1.26. The molecule has 0 nitrogen and oxygen atoms in total. The summed E-state index contributed by atoms with van der Waals surface area (Å²) in [6.45, 7) is 0. The van der Waals surface area contributed by atoms with Crippen molar-refractivity contribution in [2.24, 2.45) is 0 Å². The molecule has 128 valence electrons. The van der Waals surface area contributed by atoms with Crippen molar-refractivity contribution in [2.45, 2.75) is 5.41 Å². The van der Waals surface area contributed by atoms with Gasteiger partial charge < -0.3 is 0 Å². The fraction of sp³-hybridized carbons (Fsp3) is 0.0400. The van der Waals surface area contributed by atoms with Gasteiger partial charge in [0, 0.05) is 8.59 Å². The van der Waals surface area contributed by atoms with Gasteiger partial charge in [-0.15, -0.1) is 0 Å². The summed E-state index contributed by atoms with van der Waals surface area (Å²) in [5.74, 6) is 0. The first-order valence-electron chi connectivity index (χ1n) is 9.01. The molecule has 0 fully saturated rings. The lowest BCUT2D eigenvalue weighted by Gasteiger charge is -2.30. The highest BCUT2D eigenvalue weighted by Gasteiger charge is 2.51. The van der Waals surface area contributed by atoms with E-state index in [0.717, 1.165) is 5.02 Å². The summed E-state index contributed by atoms with van der Waals surface area (Å²) in [6.07, 6.45) is 0. The van der Waals surface area contributed by atoms with E-state index in [9.17, 15) is 0 Å². The Bertz CT molecular complexity index is 1160. The minimum Gasteiger partial charge on any atom is -0.0843 e. The van der Waals surface area contributed by atoms with Gasteiger partial charge >= 0.3 is 0 Å². The van der Waals surface area contributed by atoms with E-state index in [-0.39, 0.29) is 5.41 Å². The van der Waals surface area contributed by atoms with Crippen LogP contribution < -0.4 is 0 Å². The van der Waals surface area contributed by atoms with Crippen molar-refractivity contribution < 1.29 is 0 Å². The predicted octanol–water partition coefficient (Wildman–Crippen LogP) is 7.29. The molecule has 0 amide bonds. The summed E-state index contributed by atoms with van der Waals surface area (Å²) in [6, 6.07) is 30.9. The van der Waals surface area contributed by atoms with Crippen LogP contribution >= 0.6 is 34.2 Å². The zero-order chi connectivity index (χ0) is 18.2. The SMILES string of the molecule is Clc1ccc2c(c1)-c1ccccc1C21c2ccccc2-c2cc(I)ccc21. The monoisotopic (exact) mass is 476 g/mol. The molecule has 1 unspecified atom stereocenters. The van der Waals surface area contributed by atoms with Gasteiger partial charge in [-0.2, -0.15) is 0 Å². The largest absolute Gasteiger partial charge is 0.0843 e. The molecule has 0 aromatic heterocycles. The van der Waals surface area contributed by atoms with Crippen molar-refractivity contribution in [1.82, 2.24) is 0 Å². The summed E-state index contributed by atoms with van der Waals surface area (Å²) in [5, 5.41) is 0.787. The Kier molecular flexibility index (Phi) is 3.22. The summed E-state index contributed by atoms with van der Waals surface area (Å²) in [4.78, 5) is 0. The molecule has 0 aliphatic heterocycles. The molecule has 0 radical (unpaired) electrons. The topological polar surface area (TPSA) is 0 Å². The molecule has 1 atom stereocenters. The van der Waals surface area contributed by atoms with Crippen LogP contribution in [0.5, 0.6) is 0 Å². The van der Waals surface area contributed by atoms with E-state index in [1.807, 2.05) is 6.07 Å². The first-order chi connectivity index (χ1) is 13.2. The van der Waals surface area contributed by atoms with Crippen LogP contribution in [-0.2, 0) is 5.41 Å². The molecule has 0 bridgehead atoms. The van der Waals surface area contributed by atoms with Gasteiger partial charge in [0.1, 0.15) is 0 Å². The number of hydrogen-bond donors (Lipinski definition) is 0. The first-order valence-corrected chi connectivity index (χ1v) is 10.5. The summed E-state index contributed by atoms with van der Waals surface area (Å²) in [7, 11) is 0. The third kappa shape index (κ3) is 1.89. The highest BCUT2D eigenvalue weighted by Crippen LogP contribution is 2.62. The van der Waals surface area contributed by atoms with Crippen LogP contribution in [0, 0.1) is 3.57 Å². The minimum atomic E-state index is -0.257. The average Bonchev–Trinajstić information content (AvgIpc) is 3.14. The van der Waals surface area contributed by atoms with Crippen molar-refractivity contribution in [1.29, 1.82) is 0 Å². The molecule has 1 spiro atoms. The fourth-order valence-electron chi connectivity index (χ4n) is 5.09.